The predicted octanol–water partition coefficient (Wildman–Crippen LogP) is 2.24. The molecule has 31 heavy (non-hydrogen) atoms. The Labute approximate surface area is 181 Å². The van der Waals surface area contributed by atoms with Crippen LogP contribution in [0.1, 0.15) is 11.1 Å². The molecule has 1 atom stereocenters. The zero-order chi connectivity index (χ0) is 22.5. The van der Waals surface area contributed by atoms with Crippen LogP contribution in [0.4, 0.5) is 14.9 Å². The van der Waals surface area contributed by atoms with Crippen molar-refractivity contribution in [2.75, 3.05) is 25.0 Å². The lowest BCUT2D eigenvalue weighted by Crippen LogP contribution is -2.53. The Bertz CT molecular complexity index is 1140. The van der Waals surface area contributed by atoms with Crippen LogP contribution in [0.2, 0.25) is 5.02 Å². The molecule has 1 spiro atoms. The quantitative estimate of drug-likeness (QED) is 0.562. The number of carboxylic acid groups (broad SMARTS) is 1. The second-order valence-corrected chi connectivity index (χ2v) is 7.73. The lowest BCUT2D eigenvalue weighted by atomic mass is 9.90. The van der Waals surface area contributed by atoms with Crippen LogP contribution in [-0.4, -0.2) is 58.9 Å². The Morgan fingerprint density at radius 3 is 2.45 bits per heavy atom. The molecular formula is C21H17ClFN3O5. The Morgan fingerprint density at radius 1 is 1.10 bits per heavy atom. The number of benzene rings is 2. The average Bonchev–Trinajstić information content (AvgIpc) is 3.06. The third-order valence-electron chi connectivity index (χ3n) is 5.63. The van der Waals surface area contributed by atoms with E-state index in [-0.39, 0.29) is 29.2 Å². The minimum absolute atomic E-state index is 0.0590. The van der Waals surface area contributed by atoms with E-state index in [1.165, 1.54) is 37.4 Å². The molecule has 0 radical (unpaired) electrons. The van der Waals surface area contributed by atoms with Gasteiger partial charge in [-0.1, -0.05) is 29.8 Å². The summed E-state index contributed by atoms with van der Waals surface area (Å²) in [6.07, 6.45) is 0.0590. The fraction of sp³-hybridized carbons (Fsp3) is 0.238. The third kappa shape index (κ3) is 2.96. The summed E-state index contributed by atoms with van der Waals surface area (Å²) >= 11 is 6.10. The van der Waals surface area contributed by atoms with E-state index in [2.05, 4.69) is 0 Å². The third-order valence-corrected chi connectivity index (χ3v) is 5.86. The van der Waals surface area contributed by atoms with Crippen molar-refractivity contribution >= 4 is 41.1 Å². The van der Waals surface area contributed by atoms with Crippen molar-refractivity contribution in [3.05, 3.63) is 64.4 Å². The lowest BCUT2D eigenvalue weighted by Gasteiger charge is -2.27. The minimum atomic E-state index is -2.05. The number of hydrogen-bond acceptors (Lipinski definition) is 4. The van der Waals surface area contributed by atoms with Crippen molar-refractivity contribution in [2.24, 2.45) is 0 Å². The first-order valence-electron chi connectivity index (χ1n) is 9.36. The highest BCUT2D eigenvalue weighted by Crippen LogP contribution is 2.48. The first kappa shape index (κ1) is 20.8. The van der Waals surface area contributed by atoms with E-state index < -0.39 is 41.7 Å². The largest absolute Gasteiger partial charge is 0.480 e. The first-order chi connectivity index (χ1) is 14.7. The molecule has 0 aliphatic carbocycles. The number of amides is 4. The highest BCUT2D eigenvalue weighted by Gasteiger charge is 2.67. The lowest BCUT2D eigenvalue weighted by molar-refractivity contribution is -0.143. The fourth-order valence-corrected chi connectivity index (χ4v) is 4.33. The molecule has 0 aromatic heterocycles. The van der Waals surface area contributed by atoms with Crippen molar-refractivity contribution < 1.29 is 28.7 Å². The van der Waals surface area contributed by atoms with E-state index in [1.54, 1.807) is 12.1 Å². The van der Waals surface area contributed by atoms with E-state index in [0.29, 0.717) is 5.56 Å². The maximum Gasteiger partial charge on any atom is 0.328 e. The zero-order valence-electron chi connectivity index (χ0n) is 16.3. The summed E-state index contributed by atoms with van der Waals surface area (Å²) in [5.74, 6) is -3.41. The number of carbonyl (C=O) groups is 4. The highest BCUT2D eigenvalue weighted by molar-refractivity contribution is 6.32. The van der Waals surface area contributed by atoms with Gasteiger partial charge in [0, 0.05) is 24.2 Å². The molecule has 2 aromatic rings. The van der Waals surface area contributed by atoms with E-state index in [4.69, 9.17) is 11.6 Å². The Balaban J connectivity index is 1.76. The summed E-state index contributed by atoms with van der Waals surface area (Å²) in [5.41, 5.74) is -1.40. The number of likely N-dealkylation sites (N-methyl/N-ethyl adjacent to an activating group) is 1. The number of nitrogens with zero attached hydrogens (tertiary/aromatic N) is 3. The molecule has 2 heterocycles. The van der Waals surface area contributed by atoms with Crippen molar-refractivity contribution in [3.8, 4) is 0 Å². The van der Waals surface area contributed by atoms with Gasteiger partial charge in [-0.2, -0.15) is 0 Å². The molecule has 2 aliphatic heterocycles. The second-order valence-electron chi connectivity index (χ2n) is 7.30. The Morgan fingerprint density at radius 2 is 1.77 bits per heavy atom. The van der Waals surface area contributed by atoms with Gasteiger partial charge in [-0.25, -0.2) is 9.18 Å². The van der Waals surface area contributed by atoms with Crippen LogP contribution < -0.4 is 4.90 Å². The molecule has 10 heteroatoms. The van der Waals surface area contributed by atoms with Gasteiger partial charge in [0.25, 0.3) is 11.8 Å². The predicted molar refractivity (Wildman–Crippen MR) is 108 cm³/mol. The maximum atomic E-state index is 14.0. The van der Waals surface area contributed by atoms with Crippen LogP contribution >= 0.6 is 11.6 Å². The number of carbonyl (C=O) groups excluding carboxylic acids is 3. The molecule has 160 valence electrons. The molecule has 0 saturated carbocycles. The number of halogens is 2. The van der Waals surface area contributed by atoms with Crippen LogP contribution in [0.5, 0.6) is 0 Å². The number of imide groups is 1. The first-order valence-corrected chi connectivity index (χ1v) is 9.74. The number of carboxylic acids is 1. The van der Waals surface area contributed by atoms with Crippen molar-refractivity contribution in [3.63, 3.8) is 0 Å². The zero-order valence-corrected chi connectivity index (χ0v) is 17.1. The van der Waals surface area contributed by atoms with Crippen LogP contribution in [0, 0.1) is 5.82 Å². The van der Waals surface area contributed by atoms with E-state index in [1.807, 2.05) is 0 Å². The molecule has 0 unspecified atom stereocenters. The molecular weight excluding hydrogens is 429 g/mol. The van der Waals surface area contributed by atoms with Gasteiger partial charge in [0.15, 0.2) is 0 Å². The van der Waals surface area contributed by atoms with Crippen molar-refractivity contribution in [1.29, 1.82) is 0 Å². The van der Waals surface area contributed by atoms with Gasteiger partial charge < -0.3 is 10.0 Å². The van der Waals surface area contributed by atoms with E-state index in [9.17, 15) is 28.7 Å². The molecule has 1 N–H and O–H groups in total. The van der Waals surface area contributed by atoms with Crippen LogP contribution in [-0.2, 0) is 26.3 Å². The summed E-state index contributed by atoms with van der Waals surface area (Å²) in [4.78, 5) is 54.0. The highest BCUT2D eigenvalue weighted by atomic mass is 35.5. The number of anilines is 1. The minimum Gasteiger partial charge on any atom is -0.480 e. The number of urea groups is 1. The molecule has 1 saturated heterocycles. The van der Waals surface area contributed by atoms with E-state index >= 15 is 0 Å². The number of rotatable bonds is 5. The summed E-state index contributed by atoms with van der Waals surface area (Å²) < 4.78 is 14.0. The molecule has 2 aromatic carbocycles. The van der Waals surface area contributed by atoms with Gasteiger partial charge in [0.1, 0.15) is 12.4 Å². The smallest absolute Gasteiger partial charge is 0.328 e. The molecule has 8 nitrogen and oxygen atoms in total. The molecule has 4 rings (SSSR count). The van der Waals surface area contributed by atoms with Gasteiger partial charge in [-0.15, -0.1) is 0 Å². The monoisotopic (exact) mass is 445 g/mol. The summed E-state index contributed by atoms with van der Waals surface area (Å²) in [6, 6.07) is 9.56. The Hall–Kier alpha value is -3.46. The summed E-state index contributed by atoms with van der Waals surface area (Å²) in [6.45, 7) is -0.827. The van der Waals surface area contributed by atoms with Gasteiger partial charge in [0.2, 0.25) is 5.54 Å². The summed E-state index contributed by atoms with van der Waals surface area (Å²) in [7, 11) is 1.30. The normalized spacial score (nSPS) is 20.2. The number of aliphatic carboxylic acids is 1. The molecule has 2 aliphatic rings. The van der Waals surface area contributed by atoms with E-state index in [0.717, 1.165) is 14.7 Å². The second kappa shape index (κ2) is 7.35. The van der Waals surface area contributed by atoms with Crippen LogP contribution in [0.25, 0.3) is 0 Å². The Kier molecular flexibility index (Phi) is 4.93. The van der Waals surface area contributed by atoms with Crippen LogP contribution in [0.15, 0.2) is 42.5 Å². The SMILES string of the molecule is CN1C(=O)N(CCc2ccccc2F)C(=O)[C@]12C(=O)N(CC(=O)O)c1ccc(Cl)cc12. The molecule has 4 amide bonds. The standard InChI is InChI=1S/C21H17ClFN3O5/c1-24-20(31)25(9-8-12-4-2-3-5-15(12)23)18(29)21(24)14-10-13(22)6-7-16(14)26(19(21)30)11-17(27)28/h2-7,10H,8-9,11H2,1H3,(H,27,28)/t21-/m1/s1. The van der Waals surface area contributed by atoms with Gasteiger partial charge in [-0.05, 0) is 36.2 Å². The number of hydrogen-bond donors (Lipinski definition) is 1. The van der Waals surface area contributed by atoms with Crippen molar-refractivity contribution in [1.82, 2.24) is 9.80 Å². The van der Waals surface area contributed by atoms with Crippen LogP contribution in [0.3, 0.4) is 0 Å². The van der Waals surface area contributed by atoms with Gasteiger partial charge in [-0.3, -0.25) is 24.2 Å². The maximum absolute atomic E-state index is 14.0. The topological polar surface area (TPSA) is 98.2 Å². The fourth-order valence-electron chi connectivity index (χ4n) is 4.16. The number of fused-ring (bicyclic) bond motifs is 2. The molecule has 1 fully saturated rings. The van der Waals surface area contributed by atoms with Gasteiger partial charge >= 0.3 is 12.0 Å². The molecule has 0 bridgehead atoms. The van der Waals surface area contributed by atoms with Gasteiger partial charge in [0.05, 0.1) is 5.69 Å². The summed E-state index contributed by atoms with van der Waals surface area (Å²) in [5, 5.41) is 9.47. The van der Waals surface area contributed by atoms with Crippen molar-refractivity contribution in [2.45, 2.75) is 12.0 Å². The average molecular weight is 446 g/mol.